The third-order valence-electron chi connectivity index (χ3n) is 3.52. The zero-order valence-corrected chi connectivity index (χ0v) is 10.7. The topological polar surface area (TPSA) is 42.0 Å². The van der Waals surface area contributed by atoms with E-state index in [-0.39, 0.29) is 5.91 Å². The van der Waals surface area contributed by atoms with E-state index in [0.717, 1.165) is 12.0 Å². The molecule has 1 saturated carbocycles. The molecule has 0 bridgehead atoms. The molecular weight excluding hydrogens is 260 g/mol. The standard InChI is InChI=1S/C15H9ClN2O/c16-14-13(2-1-5-17-14)18-15(19)10-4-3-9-11-6-8(11)7-12(9)10/h1-5,7H,6H2,(H,18,19). The molecule has 4 rings (SSSR count). The van der Waals surface area contributed by atoms with Crippen molar-refractivity contribution in [2.75, 3.05) is 5.32 Å². The van der Waals surface area contributed by atoms with Gasteiger partial charge in [-0.2, -0.15) is 0 Å². The maximum atomic E-state index is 12.3. The molecule has 0 radical (unpaired) electrons. The summed E-state index contributed by atoms with van der Waals surface area (Å²) in [7, 11) is 0. The van der Waals surface area contributed by atoms with Gasteiger partial charge in [-0.3, -0.25) is 4.79 Å². The largest absolute Gasteiger partial charge is 0.319 e. The van der Waals surface area contributed by atoms with Crippen molar-refractivity contribution in [3.8, 4) is 0 Å². The number of hydrogen-bond donors (Lipinski definition) is 1. The van der Waals surface area contributed by atoms with Gasteiger partial charge in [-0.15, -0.1) is 0 Å². The summed E-state index contributed by atoms with van der Waals surface area (Å²) in [6.45, 7) is 0. The highest BCUT2D eigenvalue weighted by Gasteiger charge is 2.35. The van der Waals surface area contributed by atoms with Crippen molar-refractivity contribution in [3.63, 3.8) is 0 Å². The highest BCUT2D eigenvalue weighted by molar-refractivity contribution is 6.32. The predicted octanol–water partition coefficient (Wildman–Crippen LogP) is 3.18. The minimum Gasteiger partial charge on any atom is -0.319 e. The molecule has 0 aliphatic heterocycles. The summed E-state index contributed by atoms with van der Waals surface area (Å²) in [5, 5.41) is 3.10. The highest BCUT2D eigenvalue weighted by atomic mass is 35.5. The second kappa shape index (κ2) is 3.68. The van der Waals surface area contributed by atoms with E-state index in [4.69, 9.17) is 11.6 Å². The Morgan fingerprint density at radius 2 is 2.21 bits per heavy atom. The number of amides is 1. The van der Waals surface area contributed by atoms with Crippen LogP contribution in [0.25, 0.3) is 0 Å². The van der Waals surface area contributed by atoms with Gasteiger partial charge in [0.25, 0.3) is 5.91 Å². The van der Waals surface area contributed by atoms with E-state index in [1.54, 1.807) is 18.3 Å². The van der Waals surface area contributed by atoms with E-state index in [0.29, 0.717) is 16.4 Å². The van der Waals surface area contributed by atoms with Crippen LogP contribution in [0.2, 0.25) is 5.15 Å². The number of nitrogens with zero attached hydrogens (tertiary/aromatic N) is 1. The zero-order chi connectivity index (χ0) is 13.0. The summed E-state index contributed by atoms with van der Waals surface area (Å²) < 4.78 is 0. The molecule has 1 amide bonds. The molecule has 3 aliphatic rings. The fraction of sp³-hybridized carbons (Fsp3) is 0.0667. The number of nitrogens with one attached hydrogen (secondary N) is 1. The van der Waals surface area contributed by atoms with Crippen LogP contribution in [0.3, 0.4) is 0 Å². The van der Waals surface area contributed by atoms with E-state index in [1.165, 1.54) is 16.7 Å². The normalized spacial score (nSPS) is 18.5. The van der Waals surface area contributed by atoms with Crippen LogP contribution in [0.4, 0.5) is 5.69 Å². The van der Waals surface area contributed by atoms with Gasteiger partial charge in [0.15, 0.2) is 5.15 Å². The first-order chi connectivity index (χ1) is 9.24. The lowest BCUT2D eigenvalue weighted by Gasteiger charge is -2.07. The lowest BCUT2D eigenvalue weighted by atomic mass is 10.1. The number of halogens is 1. The first-order valence-corrected chi connectivity index (χ1v) is 6.40. The molecule has 1 fully saturated rings. The molecule has 1 N–H and O–H groups in total. The van der Waals surface area contributed by atoms with Gasteiger partial charge in [0.05, 0.1) is 5.69 Å². The maximum absolute atomic E-state index is 12.3. The highest BCUT2D eigenvalue weighted by Crippen LogP contribution is 2.51. The van der Waals surface area contributed by atoms with Crippen molar-refractivity contribution < 1.29 is 4.79 Å². The fourth-order valence-electron chi connectivity index (χ4n) is 2.50. The van der Waals surface area contributed by atoms with E-state index in [1.807, 2.05) is 12.2 Å². The molecule has 1 aromatic heterocycles. The van der Waals surface area contributed by atoms with E-state index in [2.05, 4.69) is 16.4 Å². The average Bonchev–Trinajstić information content (AvgIpc) is 2.89. The van der Waals surface area contributed by atoms with Crippen molar-refractivity contribution >= 4 is 23.2 Å². The lowest BCUT2D eigenvalue weighted by Crippen LogP contribution is -2.14. The van der Waals surface area contributed by atoms with Crippen molar-refractivity contribution in [1.82, 2.24) is 4.98 Å². The Hall–Kier alpha value is -2.13. The second-order valence-electron chi connectivity index (χ2n) is 4.70. The Morgan fingerprint density at radius 3 is 3.05 bits per heavy atom. The number of fused-ring (bicyclic) bond motifs is 2. The van der Waals surface area contributed by atoms with Gasteiger partial charge in [-0.25, -0.2) is 4.98 Å². The molecule has 0 aromatic carbocycles. The molecule has 3 aliphatic carbocycles. The summed E-state index contributed by atoms with van der Waals surface area (Å²) in [4.78, 5) is 16.2. The number of carbonyl (C=O) groups is 1. The summed E-state index contributed by atoms with van der Waals surface area (Å²) in [5.74, 6) is -0.144. The van der Waals surface area contributed by atoms with Gasteiger partial charge in [0.2, 0.25) is 0 Å². The molecule has 0 atom stereocenters. The summed E-state index contributed by atoms with van der Waals surface area (Å²) in [5.41, 5.74) is 6.22. The first kappa shape index (κ1) is 10.8. The molecule has 1 heterocycles. The van der Waals surface area contributed by atoms with Crippen LogP contribution in [-0.4, -0.2) is 10.9 Å². The summed E-state index contributed by atoms with van der Waals surface area (Å²) >= 11 is 5.94. The number of carbonyl (C=O) groups excluding carboxylic acids is 1. The third-order valence-corrected chi connectivity index (χ3v) is 3.82. The van der Waals surface area contributed by atoms with Gasteiger partial charge in [0.1, 0.15) is 0 Å². The molecule has 3 nitrogen and oxygen atoms in total. The Bertz CT molecular complexity index is 753. The SMILES string of the molecule is O=C(Nc1cccnc1Cl)C1=C2C=C3CC3=C2C=C1. The minimum atomic E-state index is -0.144. The number of aromatic nitrogens is 1. The predicted molar refractivity (Wildman–Crippen MR) is 73.8 cm³/mol. The van der Waals surface area contributed by atoms with E-state index in [9.17, 15) is 4.79 Å². The number of anilines is 1. The summed E-state index contributed by atoms with van der Waals surface area (Å²) in [6, 6.07) is 3.48. The van der Waals surface area contributed by atoms with E-state index < -0.39 is 0 Å². The second-order valence-corrected chi connectivity index (χ2v) is 5.05. The van der Waals surface area contributed by atoms with Crippen LogP contribution in [0, 0.1) is 0 Å². The number of hydrogen-bond acceptors (Lipinski definition) is 2. The van der Waals surface area contributed by atoms with Crippen LogP contribution < -0.4 is 5.32 Å². The van der Waals surface area contributed by atoms with Gasteiger partial charge in [0, 0.05) is 11.8 Å². The molecule has 92 valence electrons. The number of pyridine rings is 1. The quantitative estimate of drug-likeness (QED) is 0.837. The average molecular weight is 269 g/mol. The van der Waals surface area contributed by atoms with Gasteiger partial charge in [-0.1, -0.05) is 17.7 Å². The van der Waals surface area contributed by atoms with Crippen LogP contribution in [0.15, 0.2) is 64.4 Å². The van der Waals surface area contributed by atoms with E-state index >= 15 is 0 Å². The van der Waals surface area contributed by atoms with Gasteiger partial charge < -0.3 is 5.32 Å². The van der Waals surface area contributed by atoms with Crippen LogP contribution >= 0.6 is 11.6 Å². The summed E-state index contributed by atoms with van der Waals surface area (Å²) in [6.07, 6.45) is 8.65. The molecule has 0 spiro atoms. The van der Waals surface area contributed by atoms with Gasteiger partial charge >= 0.3 is 0 Å². The van der Waals surface area contributed by atoms with Crippen molar-refractivity contribution in [2.24, 2.45) is 0 Å². The Kier molecular flexibility index (Phi) is 2.09. The number of rotatable bonds is 2. The van der Waals surface area contributed by atoms with Crippen LogP contribution in [-0.2, 0) is 4.79 Å². The first-order valence-electron chi connectivity index (χ1n) is 6.03. The lowest BCUT2D eigenvalue weighted by molar-refractivity contribution is -0.112. The molecule has 0 saturated heterocycles. The number of allylic oxidation sites excluding steroid dienone is 6. The van der Waals surface area contributed by atoms with Crippen molar-refractivity contribution in [2.45, 2.75) is 6.42 Å². The molecule has 19 heavy (non-hydrogen) atoms. The van der Waals surface area contributed by atoms with Crippen molar-refractivity contribution in [3.05, 3.63) is 69.6 Å². The smallest absolute Gasteiger partial charge is 0.256 e. The zero-order valence-electron chi connectivity index (χ0n) is 9.90. The molecule has 4 heteroatoms. The fourth-order valence-corrected chi connectivity index (χ4v) is 2.67. The molecule has 0 unspecified atom stereocenters. The Balaban J connectivity index is 1.65. The van der Waals surface area contributed by atoms with Crippen LogP contribution in [0.1, 0.15) is 6.42 Å². The monoisotopic (exact) mass is 268 g/mol. The molecule has 1 aromatic rings. The maximum Gasteiger partial charge on any atom is 0.256 e. The van der Waals surface area contributed by atoms with Gasteiger partial charge in [-0.05, 0) is 53.0 Å². The molecular formula is C15H9ClN2O. The van der Waals surface area contributed by atoms with Crippen LogP contribution in [0.5, 0.6) is 0 Å². The Labute approximate surface area is 115 Å². The van der Waals surface area contributed by atoms with Crippen molar-refractivity contribution in [1.29, 1.82) is 0 Å². The minimum absolute atomic E-state index is 0.144. The Morgan fingerprint density at radius 1 is 1.32 bits per heavy atom. The third kappa shape index (κ3) is 1.59.